The Hall–Kier alpha value is 0.0500. The van der Waals surface area contributed by atoms with E-state index in [1.165, 1.54) is 37.0 Å². The van der Waals surface area contributed by atoms with Gasteiger partial charge in [0.25, 0.3) is 0 Å². The lowest BCUT2D eigenvalue weighted by molar-refractivity contribution is 0.460. The molecule has 0 aromatic heterocycles. The Morgan fingerprint density at radius 3 is 2.87 bits per heavy atom. The highest BCUT2D eigenvalue weighted by Gasteiger charge is 2.23. The third kappa shape index (κ3) is 5.07. The van der Waals surface area contributed by atoms with E-state index in [4.69, 9.17) is 0 Å². The van der Waals surface area contributed by atoms with E-state index in [9.17, 15) is 0 Å². The smallest absolute Gasteiger partial charge is 0.0223 e. The number of hydrogen-bond acceptors (Lipinski definition) is 2. The Balaban J connectivity index is 2.41. The molecule has 1 aliphatic heterocycles. The summed E-state index contributed by atoms with van der Waals surface area (Å²) in [5, 5.41) is 4.51. The SMILES string of the molecule is C=C(C)CC(NCCC)C1CCCCS1. The van der Waals surface area contributed by atoms with Crippen LogP contribution in [0.25, 0.3) is 0 Å². The largest absolute Gasteiger partial charge is 0.313 e. The molecule has 1 N–H and O–H groups in total. The van der Waals surface area contributed by atoms with Crippen molar-refractivity contribution in [3.05, 3.63) is 12.2 Å². The molecule has 0 aliphatic carbocycles. The lowest BCUT2D eigenvalue weighted by Crippen LogP contribution is -2.40. The highest BCUT2D eigenvalue weighted by Crippen LogP contribution is 2.29. The van der Waals surface area contributed by atoms with Crippen LogP contribution in [0.3, 0.4) is 0 Å². The van der Waals surface area contributed by atoms with Crippen molar-refractivity contribution in [2.24, 2.45) is 0 Å². The molecule has 0 aromatic carbocycles. The fourth-order valence-electron chi connectivity index (χ4n) is 2.12. The molecule has 0 radical (unpaired) electrons. The van der Waals surface area contributed by atoms with Crippen molar-refractivity contribution in [2.45, 2.75) is 57.2 Å². The average molecular weight is 227 g/mol. The normalized spacial score (nSPS) is 23.7. The first kappa shape index (κ1) is 13.1. The van der Waals surface area contributed by atoms with E-state index in [-0.39, 0.29) is 0 Å². The second kappa shape index (κ2) is 7.34. The average Bonchev–Trinajstić information content (AvgIpc) is 2.25. The Labute approximate surface area is 99.1 Å². The summed E-state index contributed by atoms with van der Waals surface area (Å²) in [6.45, 7) is 9.58. The van der Waals surface area contributed by atoms with E-state index >= 15 is 0 Å². The van der Waals surface area contributed by atoms with Gasteiger partial charge in [-0.1, -0.05) is 18.9 Å². The monoisotopic (exact) mass is 227 g/mol. The lowest BCUT2D eigenvalue weighted by Gasteiger charge is -2.30. The molecule has 0 spiro atoms. The first-order valence-corrected chi connectivity index (χ1v) is 7.28. The summed E-state index contributed by atoms with van der Waals surface area (Å²) in [6, 6.07) is 0.660. The molecule has 15 heavy (non-hydrogen) atoms. The minimum Gasteiger partial charge on any atom is -0.313 e. The van der Waals surface area contributed by atoms with Gasteiger partial charge in [-0.2, -0.15) is 11.8 Å². The number of thioether (sulfide) groups is 1. The summed E-state index contributed by atoms with van der Waals surface area (Å²) in [5.41, 5.74) is 1.31. The third-order valence-electron chi connectivity index (χ3n) is 2.89. The van der Waals surface area contributed by atoms with Gasteiger partial charge in [-0.05, 0) is 44.9 Å². The molecule has 1 saturated heterocycles. The van der Waals surface area contributed by atoms with Crippen molar-refractivity contribution in [1.82, 2.24) is 5.32 Å². The Kier molecular flexibility index (Phi) is 6.42. The van der Waals surface area contributed by atoms with Crippen LogP contribution >= 0.6 is 11.8 Å². The van der Waals surface area contributed by atoms with E-state index < -0.39 is 0 Å². The van der Waals surface area contributed by atoms with Crippen molar-refractivity contribution in [3.63, 3.8) is 0 Å². The van der Waals surface area contributed by atoms with Crippen LogP contribution in [0.2, 0.25) is 0 Å². The molecular weight excluding hydrogens is 202 g/mol. The fraction of sp³-hybridized carbons (Fsp3) is 0.846. The number of nitrogens with one attached hydrogen (secondary N) is 1. The molecule has 1 rings (SSSR count). The van der Waals surface area contributed by atoms with Crippen molar-refractivity contribution in [3.8, 4) is 0 Å². The quantitative estimate of drug-likeness (QED) is 0.696. The highest BCUT2D eigenvalue weighted by atomic mass is 32.2. The molecule has 2 atom stereocenters. The van der Waals surface area contributed by atoms with Gasteiger partial charge in [0, 0.05) is 11.3 Å². The molecule has 2 heteroatoms. The second-order valence-electron chi connectivity index (χ2n) is 4.63. The summed E-state index contributed by atoms with van der Waals surface area (Å²) in [4.78, 5) is 0. The van der Waals surface area contributed by atoms with Gasteiger partial charge in [0.15, 0.2) is 0 Å². The molecule has 2 unspecified atom stereocenters. The van der Waals surface area contributed by atoms with Gasteiger partial charge >= 0.3 is 0 Å². The fourth-order valence-corrected chi connectivity index (χ4v) is 3.55. The molecule has 0 aromatic rings. The third-order valence-corrected chi connectivity index (χ3v) is 4.41. The summed E-state index contributed by atoms with van der Waals surface area (Å²) < 4.78 is 0. The van der Waals surface area contributed by atoms with Gasteiger partial charge in [0.2, 0.25) is 0 Å². The topological polar surface area (TPSA) is 12.0 Å². The van der Waals surface area contributed by atoms with Crippen molar-refractivity contribution < 1.29 is 0 Å². The van der Waals surface area contributed by atoms with Crippen LogP contribution in [-0.2, 0) is 0 Å². The molecule has 1 nitrogen and oxygen atoms in total. The van der Waals surface area contributed by atoms with Crippen LogP contribution in [0.5, 0.6) is 0 Å². The molecule has 0 amide bonds. The first-order chi connectivity index (χ1) is 7.24. The summed E-state index contributed by atoms with van der Waals surface area (Å²) in [5.74, 6) is 1.35. The minimum absolute atomic E-state index is 0.660. The highest BCUT2D eigenvalue weighted by molar-refractivity contribution is 8.00. The van der Waals surface area contributed by atoms with E-state index in [1.807, 2.05) is 0 Å². The maximum absolute atomic E-state index is 4.05. The number of rotatable bonds is 6. The maximum atomic E-state index is 4.05. The Morgan fingerprint density at radius 1 is 1.53 bits per heavy atom. The van der Waals surface area contributed by atoms with Gasteiger partial charge in [-0.3, -0.25) is 0 Å². The van der Waals surface area contributed by atoms with E-state index in [1.54, 1.807) is 0 Å². The van der Waals surface area contributed by atoms with Crippen LogP contribution in [0.1, 0.15) is 46.0 Å². The summed E-state index contributed by atoms with van der Waals surface area (Å²) in [6.07, 6.45) is 6.59. The van der Waals surface area contributed by atoms with Crippen LogP contribution in [0.4, 0.5) is 0 Å². The maximum Gasteiger partial charge on any atom is 0.0223 e. The van der Waals surface area contributed by atoms with Crippen LogP contribution in [0.15, 0.2) is 12.2 Å². The van der Waals surface area contributed by atoms with Gasteiger partial charge < -0.3 is 5.32 Å². The van der Waals surface area contributed by atoms with Crippen LogP contribution in [-0.4, -0.2) is 23.6 Å². The minimum atomic E-state index is 0.660. The van der Waals surface area contributed by atoms with E-state index in [0.717, 1.165) is 18.2 Å². The first-order valence-electron chi connectivity index (χ1n) is 6.23. The predicted octanol–water partition coefficient (Wildman–Crippen LogP) is 3.61. The molecule has 1 aliphatic rings. The van der Waals surface area contributed by atoms with Gasteiger partial charge in [-0.25, -0.2) is 0 Å². The molecular formula is C13H25NS. The molecule has 0 saturated carbocycles. The summed E-state index contributed by atoms with van der Waals surface area (Å²) in [7, 11) is 0. The zero-order chi connectivity index (χ0) is 11.1. The van der Waals surface area contributed by atoms with E-state index in [2.05, 4.69) is 37.5 Å². The Bertz CT molecular complexity index is 185. The van der Waals surface area contributed by atoms with Crippen molar-refractivity contribution in [1.29, 1.82) is 0 Å². The molecule has 1 fully saturated rings. The molecule has 88 valence electrons. The summed E-state index contributed by atoms with van der Waals surface area (Å²) >= 11 is 2.16. The zero-order valence-electron chi connectivity index (χ0n) is 10.2. The van der Waals surface area contributed by atoms with Crippen LogP contribution in [0, 0.1) is 0 Å². The number of hydrogen-bond donors (Lipinski definition) is 1. The lowest BCUT2D eigenvalue weighted by atomic mass is 10.0. The van der Waals surface area contributed by atoms with Gasteiger partial charge in [0.05, 0.1) is 0 Å². The molecule has 1 heterocycles. The standard InChI is InChI=1S/C13H25NS/c1-4-8-14-12(10-11(2)3)13-7-5-6-9-15-13/h12-14H,2,4-10H2,1,3H3. The van der Waals surface area contributed by atoms with Crippen molar-refractivity contribution >= 4 is 11.8 Å². The van der Waals surface area contributed by atoms with Crippen molar-refractivity contribution in [2.75, 3.05) is 12.3 Å². The predicted molar refractivity (Wildman–Crippen MR) is 71.6 cm³/mol. The molecule has 0 bridgehead atoms. The van der Waals surface area contributed by atoms with Crippen LogP contribution < -0.4 is 5.32 Å². The van der Waals surface area contributed by atoms with E-state index in [0.29, 0.717) is 6.04 Å². The van der Waals surface area contributed by atoms with Gasteiger partial charge in [-0.15, -0.1) is 6.58 Å². The van der Waals surface area contributed by atoms with Gasteiger partial charge in [0.1, 0.15) is 0 Å². The second-order valence-corrected chi connectivity index (χ2v) is 5.97. The Morgan fingerprint density at radius 2 is 2.33 bits per heavy atom. The zero-order valence-corrected chi connectivity index (χ0v) is 11.0.